The summed E-state index contributed by atoms with van der Waals surface area (Å²) >= 11 is 0. The molecule has 0 spiro atoms. The highest BCUT2D eigenvalue weighted by Crippen LogP contribution is 2.22. The van der Waals surface area contributed by atoms with E-state index in [0.29, 0.717) is 0 Å². The van der Waals surface area contributed by atoms with Crippen LogP contribution in [0, 0.1) is 6.92 Å². The zero-order chi connectivity index (χ0) is 12.8. The summed E-state index contributed by atoms with van der Waals surface area (Å²) in [7, 11) is 3.32. The molecule has 3 nitrogen and oxygen atoms in total. The third-order valence-electron chi connectivity index (χ3n) is 2.98. The number of hydrogen-bond donors (Lipinski definition) is 1. The summed E-state index contributed by atoms with van der Waals surface area (Å²) < 4.78 is 10.5. The van der Waals surface area contributed by atoms with Gasteiger partial charge >= 0.3 is 0 Å². The number of aryl methyl sites for hydroxylation is 2. The molecule has 1 rings (SSSR count). The molecule has 3 heteroatoms. The standard InChI is InChI=1S/C14H23NO2/c1-6-12-9-7-8-10(2)13(12)15-11(3)14(16-4)17-5/h7-9,11,14-15H,6H2,1-5H3. The Morgan fingerprint density at radius 1 is 1.24 bits per heavy atom. The number of benzene rings is 1. The van der Waals surface area contributed by atoms with Gasteiger partial charge in [0.2, 0.25) is 0 Å². The summed E-state index contributed by atoms with van der Waals surface area (Å²) in [6.07, 6.45) is 0.778. The van der Waals surface area contributed by atoms with Crippen LogP contribution in [0.25, 0.3) is 0 Å². The Bertz CT molecular complexity index is 348. The van der Waals surface area contributed by atoms with Gasteiger partial charge in [-0.25, -0.2) is 0 Å². The second kappa shape index (κ2) is 6.62. The first-order chi connectivity index (χ1) is 8.13. The average molecular weight is 237 g/mol. The maximum absolute atomic E-state index is 5.26. The van der Waals surface area contributed by atoms with E-state index in [0.717, 1.165) is 6.42 Å². The molecule has 0 aliphatic rings. The minimum Gasteiger partial charge on any atom is -0.377 e. The Balaban J connectivity index is 2.86. The molecule has 1 aromatic carbocycles. The number of methoxy groups -OCH3 is 2. The predicted octanol–water partition coefficient (Wildman–Crippen LogP) is 2.98. The molecule has 0 saturated heterocycles. The van der Waals surface area contributed by atoms with Crippen LogP contribution in [-0.2, 0) is 15.9 Å². The van der Waals surface area contributed by atoms with Crippen LogP contribution in [-0.4, -0.2) is 26.6 Å². The van der Waals surface area contributed by atoms with Crippen LogP contribution in [0.5, 0.6) is 0 Å². The molecule has 0 bridgehead atoms. The third-order valence-corrected chi connectivity index (χ3v) is 2.98. The molecular formula is C14H23NO2. The van der Waals surface area contributed by atoms with Gasteiger partial charge in [0.1, 0.15) is 0 Å². The van der Waals surface area contributed by atoms with Crippen LogP contribution in [0.4, 0.5) is 5.69 Å². The number of rotatable bonds is 6. The molecule has 17 heavy (non-hydrogen) atoms. The highest BCUT2D eigenvalue weighted by molar-refractivity contribution is 5.57. The fourth-order valence-electron chi connectivity index (χ4n) is 2.03. The molecule has 0 aromatic heterocycles. The van der Waals surface area contributed by atoms with E-state index in [2.05, 4.69) is 44.3 Å². The first kappa shape index (κ1) is 14.0. The van der Waals surface area contributed by atoms with Crippen LogP contribution in [0.3, 0.4) is 0 Å². The van der Waals surface area contributed by atoms with Crippen molar-refractivity contribution in [2.24, 2.45) is 0 Å². The Labute approximate surface area is 104 Å². The topological polar surface area (TPSA) is 30.5 Å². The molecule has 0 aliphatic carbocycles. The van der Waals surface area contributed by atoms with Gasteiger partial charge in [0.15, 0.2) is 6.29 Å². The Hall–Kier alpha value is -1.06. The summed E-state index contributed by atoms with van der Waals surface area (Å²) in [5, 5.41) is 3.48. The van der Waals surface area contributed by atoms with Crippen LogP contribution in [0.2, 0.25) is 0 Å². The maximum atomic E-state index is 5.26. The van der Waals surface area contributed by atoms with E-state index in [1.807, 2.05) is 0 Å². The molecule has 96 valence electrons. The molecule has 0 aliphatic heterocycles. The van der Waals surface area contributed by atoms with E-state index in [4.69, 9.17) is 9.47 Å². The lowest BCUT2D eigenvalue weighted by molar-refractivity contribution is -0.109. The second-order valence-electron chi connectivity index (χ2n) is 4.24. The van der Waals surface area contributed by atoms with E-state index in [-0.39, 0.29) is 12.3 Å². The number of nitrogens with one attached hydrogen (secondary N) is 1. The van der Waals surface area contributed by atoms with Gasteiger partial charge in [-0.05, 0) is 31.4 Å². The van der Waals surface area contributed by atoms with E-state index < -0.39 is 0 Å². The van der Waals surface area contributed by atoms with Crippen LogP contribution in [0.15, 0.2) is 18.2 Å². The van der Waals surface area contributed by atoms with Gasteiger partial charge in [0.05, 0.1) is 6.04 Å². The van der Waals surface area contributed by atoms with Crippen LogP contribution >= 0.6 is 0 Å². The van der Waals surface area contributed by atoms with Gasteiger partial charge in [-0.3, -0.25) is 0 Å². The van der Waals surface area contributed by atoms with Crippen molar-refractivity contribution in [3.8, 4) is 0 Å². The van der Waals surface area contributed by atoms with Crippen LogP contribution in [0.1, 0.15) is 25.0 Å². The summed E-state index contributed by atoms with van der Waals surface area (Å²) in [6, 6.07) is 6.46. The molecule has 1 atom stereocenters. The van der Waals surface area contributed by atoms with Gasteiger partial charge in [-0.15, -0.1) is 0 Å². The van der Waals surface area contributed by atoms with Gasteiger partial charge < -0.3 is 14.8 Å². The average Bonchev–Trinajstić information content (AvgIpc) is 2.33. The van der Waals surface area contributed by atoms with Gasteiger partial charge in [0.25, 0.3) is 0 Å². The van der Waals surface area contributed by atoms with Gasteiger partial charge in [0, 0.05) is 19.9 Å². The molecule has 0 radical (unpaired) electrons. The second-order valence-corrected chi connectivity index (χ2v) is 4.24. The van der Waals surface area contributed by atoms with Crippen molar-refractivity contribution < 1.29 is 9.47 Å². The predicted molar refractivity (Wildman–Crippen MR) is 71.4 cm³/mol. The lowest BCUT2D eigenvalue weighted by atomic mass is 10.1. The van der Waals surface area contributed by atoms with E-state index >= 15 is 0 Å². The molecule has 0 saturated carbocycles. The molecule has 0 heterocycles. The Morgan fingerprint density at radius 3 is 2.41 bits per heavy atom. The minimum atomic E-state index is -0.237. The van der Waals surface area contributed by atoms with Crippen molar-refractivity contribution in [1.82, 2.24) is 0 Å². The number of hydrogen-bond acceptors (Lipinski definition) is 3. The SMILES string of the molecule is CCc1cccc(C)c1NC(C)C(OC)OC. The smallest absolute Gasteiger partial charge is 0.176 e. The lowest BCUT2D eigenvalue weighted by Gasteiger charge is -2.25. The van der Waals surface area contributed by atoms with Crippen molar-refractivity contribution in [2.75, 3.05) is 19.5 Å². The highest BCUT2D eigenvalue weighted by atomic mass is 16.7. The normalized spacial score (nSPS) is 12.8. The van der Waals surface area contributed by atoms with Gasteiger partial charge in [-0.2, -0.15) is 0 Å². The first-order valence-corrected chi connectivity index (χ1v) is 6.04. The third kappa shape index (κ3) is 3.45. The molecule has 0 amide bonds. The fraction of sp³-hybridized carbons (Fsp3) is 0.571. The molecule has 0 fully saturated rings. The summed E-state index contributed by atoms with van der Waals surface area (Å²) in [4.78, 5) is 0. The van der Waals surface area contributed by atoms with E-state index in [1.165, 1.54) is 16.8 Å². The molecule has 1 N–H and O–H groups in total. The first-order valence-electron chi connectivity index (χ1n) is 6.04. The number of para-hydroxylation sites is 1. The zero-order valence-corrected chi connectivity index (χ0v) is 11.4. The van der Waals surface area contributed by atoms with Crippen molar-refractivity contribution in [3.63, 3.8) is 0 Å². The van der Waals surface area contributed by atoms with Crippen molar-refractivity contribution in [1.29, 1.82) is 0 Å². The number of anilines is 1. The van der Waals surface area contributed by atoms with Crippen molar-refractivity contribution >= 4 is 5.69 Å². The Morgan fingerprint density at radius 2 is 1.88 bits per heavy atom. The summed E-state index contributed by atoms with van der Waals surface area (Å²) in [5.74, 6) is 0. The number of ether oxygens (including phenoxy) is 2. The molecule has 1 unspecified atom stereocenters. The molecular weight excluding hydrogens is 214 g/mol. The van der Waals surface area contributed by atoms with Crippen LogP contribution < -0.4 is 5.32 Å². The summed E-state index contributed by atoms with van der Waals surface area (Å²) in [6.45, 7) is 6.33. The van der Waals surface area contributed by atoms with E-state index in [1.54, 1.807) is 14.2 Å². The fourth-order valence-corrected chi connectivity index (χ4v) is 2.03. The van der Waals surface area contributed by atoms with E-state index in [9.17, 15) is 0 Å². The van der Waals surface area contributed by atoms with Crippen molar-refractivity contribution in [2.45, 2.75) is 39.5 Å². The maximum Gasteiger partial charge on any atom is 0.176 e. The zero-order valence-electron chi connectivity index (χ0n) is 11.4. The lowest BCUT2D eigenvalue weighted by Crippen LogP contribution is -2.34. The summed E-state index contributed by atoms with van der Waals surface area (Å²) in [5.41, 5.74) is 3.77. The van der Waals surface area contributed by atoms with Crippen molar-refractivity contribution in [3.05, 3.63) is 29.3 Å². The highest BCUT2D eigenvalue weighted by Gasteiger charge is 2.17. The minimum absolute atomic E-state index is 0.108. The molecule has 1 aromatic rings. The quantitative estimate of drug-likeness (QED) is 0.772. The Kier molecular flexibility index (Phi) is 5.45. The monoisotopic (exact) mass is 237 g/mol. The van der Waals surface area contributed by atoms with Gasteiger partial charge in [-0.1, -0.05) is 25.1 Å². The largest absolute Gasteiger partial charge is 0.377 e.